The second-order valence-electron chi connectivity index (χ2n) is 5.84. The maximum absolute atomic E-state index is 12.1. The fraction of sp³-hybridized carbons (Fsp3) is 0.467. The van der Waals surface area contributed by atoms with E-state index in [1.54, 1.807) is 26.0 Å². The van der Waals surface area contributed by atoms with Crippen LogP contribution in [0.2, 0.25) is 0 Å². The van der Waals surface area contributed by atoms with E-state index in [9.17, 15) is 25.8 Å². The van der Waals surface area contributed by atoms with Gasteiger partial charge >= 0.3 is 17.7 Å². The molecule has 0 aromatic heterocycles. The molecule has 0 fully saturated rings. The van der Waals surface area contributed by atoms with Gasteiger partial charge in [0.15, 0.2) is 0 Å². The fourth-order valence-electron chi connectivity index (χ4n) is 2.35. The van der Waals surface area contributed by atoms with Gasteiger partial charge in [-0.05, 0) is 50.0 Å². The number of alkyl halides is 3. The van der Waals surface area contributed by atoms with E-state index in [1.807, 2.05) is 6.08 Å². The summed E-state index contributed by atoms with van der Waals surface area (Å²) in [4.78, 5) is 0. The first-order valence-electron chi connectivity index (χ1n) is 7.66. The van der Waals surface area contributed by atoms with E-state index in [4.69, 9.17) is 0 Å². The van der Waals surface area contributed by atoms with Crippen molar-refractivity contribution in [1.82, 2.24) is 4.72 Å². The topological polar surface area (TPSA) is 81.7 Å². The first-order valence-corrected chi connectivity index (χ1v) is 10.2. The zero-order chi connectivity index (χ0) is 19.5. The minimum atomic E-state index is -5.07. The van der Waals surface area contributed by atoms with Crippen molar-refractivity contribution in [3.63, 3.8) is 0 Å². The maximum Gasteiger partial charge on any atom is 0.537 e. The van der Waals surface area contributed by atoms with Gasteiger partial charge in [-0.15, -0.1) is 13.2 Å². The van der Waals surface area contributed by atoms with Crippen molar-refractivity contribution in [3.8, 4) is 5.75 Å². The third kappa shape index (κ3) is 5.79. The van der Waals surface area contributed by atoms with Gasteiger partial charge in [0.25, 0.3) is 0 Å². The van der Waals surface area contributed by atoms with Gasteiger partial charge in [-0.3, -0.25) is 0 Å². The zero-order valence-corrected chi connectivity index (χ0v) is 15.6. The number of benzene rings is 1. The second-order valence-corrected chi connectivity index (χ2v) is 8.85. The largest absolute Gasteiger partial charge is 0.537 e. The van der Waals surface area contributed by atoms with Gasteiger partial charge < -0.3 is 4.18 Å². The molecule has 0 spiro atoms. The first kappa shape index (κ1) is 20.9. The standard InChI is InChI=1S/C15H18F3NO5S2/c1-10(2)26(21,22)19-14-5-3-4-13(14)11-6-8-12(9-7-11)23-25(20)24-15(16,17)18/h4,6-10,14,19H,3,5H2,1-2H3. The number of rotatable bonds is 7. The molecule has 1 N–H and O–H groups in total. The number of halogens is 3. The highest BCUT2D eigenvalue weighted by Crippen LogP contribution is 2.30. The Balaban J connectivity index is 2.06. The molecule has 11 heteroatoms. The fourth-order valence-corrected chi connectivity index (χ4v) is 3.72. The lowest BCUT2D eigenvalue weighted by Gasteiger charge is -2.19. The van der Waals surface area contributed by atoms with Crippen LogP contribution in [0.1, 0.15) is 32.3 Å². The maximum atomic E-state index is 12.1. The van der Waals surface area contributed by atoms with Gasteiger partial charge in [0.2, 0.25) is 10.0 Å². The van der Waals surface area contributed by atoms with E-state index in [0.717, 1.165) is 5.57 Å². The van der Waals surface area contributed by atoms with Crippen LogP contribution in [0, 0.1) is 0 Å². The highest BCUT2D eigenvalue weighted by molar-refractivity contribution is 7.90. The summed E-state index contributed by atoms with van der Waals surface area (Å²) in [5.41, 5.74) is 1.46. The molecule has 26 heavy (non-hydrogen) atoms. The normalized spacial score (nSPS) is 19.5. The summed E-state index contributed by atoms with van der Waals surface area (Å²) in [6, 6.07) is 5.39. The van der Waals surface area contributed by atoms with Gasteiger partial charge in [-0.25, -0.2) is 13.1 Å². The van der Waals surface area contributed by atoms with Crippen molar-refractivity contribution in [2.45, 2.75) is 44.3 Å². The Morgan fingerprint density at radius 1 is 1.23 bits per heavy atom. The lowest BCUT2D eigenvalue weighted by atomic mass is 10.0. The molecule has 146 valence electrons. The van der Waals surface area contributed by atoms with E-state index < -0.39 is 33.0 Å². The molecule has 0 bridgehead atoms. The Morgan fingerprint density at radius 3 is 2.38 bits per heavy atom. The van der Waals surface area contributed by atoms with Crippen molar-refractivity contribution in [3.05, 3.63) is 35.9 Å². The van der Waals surface area contributed by atoms with Crippen LogP contribution in [0.4, 0.5) is 13.2 Å². The molecule has 0 aliphatic heterocycles. The van der Waals surface area contributed by atoms with E-state index in [-0.39, 0.29) is 11.8 Å². The molecule has 0 amide bonds. The summed E-state index contributed by atoms with van der Waals surface area (Å²) in [5, 5.41) is -0.566. The second kappa shape index (κ2) is 8.07. The Morgan fingerprint density at radius 2 is 1.85 bits per heavy atom. The summed E-state index contributed by atoms with van der Waals surface area (Å²) in [6.07, 6.45) is -1.86. The Hall–Kier alpha value is -1.43. The average molecular weight is 413 g/mol. The summed E-state index contributed by atoms with van der Waals surface area (Å²) in [7, 11) is -3.44. The lowest BCUT2D eigenvalue weighted by molar-refractivity contribution is -0.271. The van der Waals surface area contributed by atoms with E-state index in [2.05, 4.69) is 13.1 Å². The summed E-state index contributed by atoms with van der Waals surface area (Å²) >= 11 is -3.01. The van der Waals surface area contributed by atoms with Crippen LogP contribution in [0.25, 0.3) is 5.57 Å². The van der Waals surface area contributed by atoms with E-state index in [1.165, 1.54) is 12.1 Å². The minimum Gasteiger partial charge on any atom is -0.380 e. The minimum absolute atomic E-state index is 0.0748. The number of hydrogen-bond acceptors (Lipinski definition) is 5. The molecule has 0 radical (unpaired) electrons. The summed E-state index contributed by atoms with van der Waals surface area (Å²) < 4.78 is 81.5. The molecule has 1 aliphatic carbocycles. The number of nitrogens with one attached hydrogen (secondary N) is 1. The van der Waals surface area contributed by atoms with Crippen LogP contribution in [-0.4, -0.2) is 30.3 Å². The molecule has 1 aliphatic rings. The molecule has 0 saturated carbocycles. The van der Waals surface area contributed by atoms with Gasteiger partial charge in [-0.1, -0.05) is 18.2 Å². The Labute approximate surface area is 152 Å². The molecule has 0 heterocycles. The third-order valence-electron chi connectivity index (χ3n) is 3.64. The molecule has 1 aromatic carbocycles. The molecule has 2 unspecified atom stereocenters. The smallest absolute Gasteiger partial charge is 0.380 e. The molecule has 2 atom stereocenters. The predicted molar refractivity (Wildman–Crippen MR) is 90.5 cm³/mol. The van der Waals surface area contributed by atoms with E-state index >= 15 is 0 Å². The van der Waals surface area contributed by atoms with Crippen molar-refractivity contribution < 1.29 is 34.2 Å². The molecular formula is C15H18F3NO5S2. The van der Waals surface area contributed by atoms with Crippen molar-refractivity contribution in [2.75, 3.05) is 0 Å². The Kier molecular flexibility index (Phi) is 6.48. The van der Waals surface area contributed by atoms with Gasteiger partial charge in [-0.2, -0.15) is 8.39 Å². The van der Waals surface area contributed by atoms with Crippen molar-refractivity contribution in [2.24, 2.45) is 0 Å². The lowest BCUT2D eigenvalue weighted by Crippen LogP contribution is -2.38. The van der Waals surface area contributed by atoms with Crippen LogP contribution in [-0.2, 0) is 25.6 Å². The molecule has 6 nitrogen and oxygen atoms in total. The monoisotopic (exact) mass is 413 g/mol. The van der Waals surface area contributed by atoms with Crippen LogP contribution in [0.3, 0.4) is 0 Å². The van der Waals surface area contributed by atoms with Crippen molar-refractivity contribution in [1.29, 1.82) is 0 Å². The summed E-state index contributed by atoms with van der Waals surface area (Å²) in [5.74, 6) is -0.0748. The predicted octanol–water partition coefficient (Wildman–Crippen LogP) is 3.05. The quantitative estimate of drug-likeness (QED) is 0.743. The molecule has 0 saturated heterocycles. The first-order chi connectivity index (χ1) is 12.0. The van der Waals surface area contributed by atoms with Crippen LogP contribution < -0.4 is 8.91 Å². The van der Waals surface area contributed by atoms with Gasteiger partial charge in [0, 0.05) is 6.04 Å². The van der Waals surface area contributed by atoms with Crippen LogP contribution in [0.15, 0.2) is 30.3 Å². The number of hydrogen-bond donors (Lipinski definition) is 1. The highest BCUT2D eigenvalue weighted by atomic mass is 32.2. The SMILES string of the molecule is CC(C)S(=O)(=O)NC1CCC=C1c1ccc(OS(=O)OC(F)(F)F)cc1. The van der Waals surface area contributed by atoms with Gasteiger partial charge in [0.1, 0.15) is 5.75 Å². The third-order valence-corrected chi connectivity index (χ3v) is 6.14. The van der Waals surface area contributed by atoms with Crippen molar-refractivity contribution >= 4 is 27.0 Å². The zero-order valence-electron chi connectivity index (χ0n) is 13.9. The number of allylic oxidation sites excluding steroid dienone is 1. The molecular weight excluding hydrogens is 395 g/mol. The summed E-state index contributed by atoms with van der Waals surface area (Å²) in [6.45, 7) is 3.16. The number of sulfonamides is 1. The molecule has 2 rings (SSSR count). The highest BCUT2D eigenvalue weighted by Gasteiger charge is 2.34. The van der Waals surface area contributed by atoms with Crippen LogP contribution in [0.5, 0.6) is 5.75 Å². The van der Waals surface area contributed by atoms with E-state index in [0.29, 0.717) is 18.4 Å². The van der Waals surface area contributed by atoms with Crippen LogP contribution >= 0.6 is 0 Å². The molecule has 1 aromatic rings. The average Bonchev–Trinajstić information content (AvgIpc) is 2.93. The Bertz CT molecular complexity index is 788. The van der Waals surface area contributed by atoms with Gasteiger partial charge in [0.05, 0.1) is 5.25 Å².